The first-order chi connectivity index (χ1) is 13.6. The predicted molar refractivity (Wildman–Crippen MR) is 113 cm³/mol. The molecule has 0 aromatic carbocycles. The minimum Gasteiger partial charge on any atom is -0.323 e. The quantitative estimate of drug-likeness (QED) is 0.484. The molecule has 0 saturated heterocycles. The zero-order chi connectivity index (χ0) is 19.5. The Balaban J connectivity index is 0.00000240. The Morgan fingerprint density at radius 1 is 1.07 bits per heavy atom. The lowest BCUT2D eigenvalue weighted by Crippen LogP contribution is -2.00. The third-order valence-electron chi connectivity index (χ3n) is 4.36. The largest absolute Gasteiger partial charge is 0.323 e. The van der Waals surface area contributed by atoms with Gasteiger partial charge in [-0.3, -0.25) is 9.67 Å². The maximum Gasteiger partial charge on any atom is 0.154 e. The van der Waals surface area contributed by atoms with Crippen molar-refractivity contribution in [3.05, 3.63) is 54.6 Å². The van der Waals surface area contributed by atoms with E-state index >= 15 is 0 Å². The van der Waals surface area contributed by atoms with Gasteiger partial charge in [-0.25, -0.2) is 4.98 Å². The van der Waals surface area contributed by atoms with Gasteiger partial charge in [-0.1, -0.05) is 13.8 Å². The smallest absolute Gasteiger partial charge is 0.154 e. The minimum absolute atomic E-state index is 0. The lowest BCUT2D eigenvalue weighted by Gasteiger charge is -2.09. The molecule has 0 amide bonds. The van der Waals surface area contributed by atoms with Crippen molar-refractivity contribution in [2.75, 3.05) is 5.32 Å². The van der Waals surface area contributed by atoms with Crippen LogP contribution in [0, 0.1) is 0 Å². The molecule has 1 N–H and O–H groups in total. The molecule has 4 heterocycles. The molecule has 29 heavy (non-hydrogen) atoms. The van der Waals surface area contributed by atoms with Gasteiger partial charge in [0.1, 0.15) is 12.1 Å². The van der Waals surface area contributed by atoms with Crippen molar-refractivity contribution in [1.29, 1.82) is 0 Å². The lowest BCUT2D eigenvalue weighted by atomic mass is 10.1. The van der Waals surface area contributed by atoms with Crippen LogP contribution in [-0.2, 0) is 11.3 Å². The normalized spacial score (nSPS) is 10.7. The first kappa shape index (κ1) is 20.3. The Morgan fingerprint density at radius 2 is 1.93 bits per heavy atom. The van der Waals surface area contributed by atoms with Gasteiger partial charge in [0.15, 0.2) is 5.82 Å². The molecule has 0 aliphatic rings. The third kappa shape index (κ3) is 4.55. The molecule has 0 spiro atoms. The molecule has 4 rings (SSSR count). The number of anilines is 2. The van der Waals surface area contributed by atoms with Gasteiger partial charge in [0.2, 0.25) is 0 Å². The summed E-state index contributed by atoms with van der Waals surface area (Å²) in [4.78, 5) is 19.8. The van der Waals surface area contributed by atoms with Gasteiger partial charge in [-0.2, -0.15) is 10.2 Å². The van der Waals surface area contributed by atoms with Crippen molar-refractivity contribution >= 4 is 41.4 Å². The lowest BCUT2D eigenvalue weighted by molar-refractivity contribution is -0.108. The Kier molecular flexibility index (Phi) is 6.13. The van der Waals surface area contributed by atoms with Crippen LogP contribution < -0.4 is 5.32 Å². The monoisotopic (exact) mass is 409 g/mol. The molecule has 4 aromatic heterocycles. The van der Waals surface area contributed by atoms with E-state index in [-0.39, 0.29) is 19.0 Å². The summed E-state index contributed by atoms with van der Waals surface area (Å²) in [6, 6.07) is 7.69. The van der Waals surface area contributed by atoms with E-state index in [9.17, 15) is 4.79 Å². The molecule has 0 aliphatic carbocycles. The maximum atomic E-state index is 10.6. The predicted octanol–water partition coefficient (Wildman–Crippen LogP) is 3.77. The van der Waals surface area contributed by atoms with Crippen LogP contribution in [0.1, 0.15) is 25.3 Å². The van der Waals surface area contributed by atoms with Gasteiger partial charge in [0.05, 0.1) is 30.0 Å². The summed E-state index contributed by atoms with van der Waals surface area (Å²) < 4.78 is 1.58. The number of carbonyl (C=O) groups excluding carboxylic acids is 1. The number of nitrogens with one attached hydrogen (secondary N) is 1. The molecule has 0 radical (unpaired) electrons. The summed E-state index contributed by atoms with van der Waals surface area (Å²) in [6.07, 6.45) is 7.88. The second-order valence-electron chi connectivity index (χ2n) is 6.73. The zero-order valence-corrected chi connectivity index (χ0v) is 16.8. The highest BCUT2D eigenvalue weighted by Crippen LogP contribution is 2.24. The second-order valence-corrected chi connectivity index (χ2v) is 6.73. The molecule has 0 bridgehead atoms. The van der Waals surface area contributed by atoms with Crippen molar-refractivity contribution in [2.24, 2.45) is 0 Å². The Hall–Kier alpha value is -3.39. The molecule has 0 saturated carbocycles. The SMILES string of the molecule is CC(C)c1cnnc(Nc2ccc3ncc(-c4cnn(CC=O)c4)cc3n2)c1.Cl. The highest BCUT2D eigenvalue weighted by atomic mass is 35.5. The summed E-state index contributed by atoms with van der Waals surface area (Å²) in [5.74, 6) is 1.68. The van der Waals surface area contributed by atoms with Crippen LogP contribution in [0.4, 0.5) is 11.6 Å². The molecule has 9 heteroatoms. The van der Waals surface area contributed by atoms with E-state index in [1.807, 2.05) is 30.5 Å². The number of hydrogen-bond acceptors (Lipinski definition) is 7. The number of pyridine rings is 2. The van der Waals surface area contributed by atoms with Crippen LogP contribution in [0.2, 0.25) is 0 Å². The number of carbonyl (C=O) groups is 1. The third-order valence-corrected chi connectivity index (χ3v) is 4.36. The number of aldehydes is 1. The first-order valence-electron chi connectivity index (χ1n) is 8.95. The Bertz CT molecular complexity index is 1140. The number of fused-ring (bicyclic) bond motifs is 1. The van der Waals surface area contributed by atoms with E-state index in [0.717, 1.165) is 34.0 Å². The molecule has 0 aliphatic heterocycles. The maximum absolute atomic E-state index is 10.6. The summed E-state index contributed by atoms with van der Waals surface area (Å²) in [5, 5.41) is 15.5. The van der Waals surface area contributed by atoms with Crippen LogP contribution in [0.5, 0.6) is 0 Å². The van der Waals surface area contributed by atoms with Crippen LogP contribution in [-0.4, -0.2) is 36.2 Å². The Morgan fingerprint density at radius 3 is 2.72 bits per heavy atom. The zero-order valence-electron chi connectivity index (χ0n) is 16.0. The van der Waals surface area contributed by atoms with Gasteiger partial charge in [-0.05, 0) is 35.7 Å². The molecule has 8 nitrogen and oxygen atoms in total. The van der Waals surface area contributed by atoms with Crippen molar-refractivity contribution < 1.29 is 4.79 Å². The molecule has 148 valence electrons. The number of aromatic nitrogens is 6. The fraction of sp³-hybridized carbons (Fsp3) is 0.200. The number of nitrogens with zero attached hydrogens (tertiary/aromatic N) is 6. The van der Waals surface area contributed by atoms with Crippen molar-refractivity contribution in [3.63, 3.8) is 0 Å². The van der Waals surface area contributed by atoms with Gasteiger partial charge in [0.25, 0.3) is 0 Å². The number of rotatable bonds is 6. The fourth-order valence-corrected chi connectivity index (χ4v) is 2.81. The van der Waals surface area contributed by atoms with Crippen LogP contribution in [0.3, 0.4) is 0 Å². The van der Waals surface area contributed by atoms with Crippen LogP contribution >= 0.6 is 12.4 Å². The molecule has 4 aromatic rings. The van der Waals surface area contributed by atoms with E-state index in [4.69, 9.17) is 0 Å². The van der Waals surface area contributed by atoms with E-state index in [1.54, 1.807) is 23.3 Å². The molecular formula is C20H20ClN7O. The number of halogens is 1. The Labute approximate surface area is 173 Å². The fourth-order valence-electron chi connectivity index (χ4n) is 2.81. The van der Waals surface area contributed by atoms with E-state index < -0.39 is 0 Å². The molecule has 0 unspecified atom stereocenters. The topological polar surface area (TPSA) is 98.5 Å². The van der Waals surface area contributed by atoms with Gasteiger partial charge in [-0.15, -0.1) is 17.5 Å². The van der Waals surface area contributed by atoms with E-state index in [1.165, 1.54) is 0 Å². The van der Waals surface area contributed by atoms with E-state index in [2.05, 4.69) is 44.4 Å². The van der Waals surface area contributed by atoms with E-state index in [0.29, 0.717) is 17.6 Å². The molecular weight excluding hydrogens is 390 g/mol. The van der Waals surface area contributed by atoms with Crippen LogP contribution in [0.15, 0.2) is 49.1 Å². The van der Waals surface area contributed by atoms with Gasteiger partial charge in [0, 0.05) is 23.5 Å². The van der Waals surface area contributed by atoms with Gasteiger partial charge < -0.3 is 10.1 Å². The summed E-state index contributed by atoms with van der Waals surface area (Å²) in [5.41, 5.74) is 4.41. The summed E-state index contributed by atoms with van der Waals surface area (Å²) in [6.45, 7) is 4.45. The van der Waals surface area contributed by atoms with Crippen LogP contribution in [0.25, 0.3) is 22.2 Å². The highest BCUT2D eigenvalue weighted by Gasteiger charge is 2.07. The highest BCUT2D eigenvalue weighted by molar-refractivity contribution is 5.85. The van der Waals surface area contributed by atoms with Crippen molar-refractivity contribution in [3.8, 4) is 11.1 Å². The van der Waals surface area contributed by atoms with Crippen molar-refractivity contribution in [1.82, 2.24) is 29.9 Å². The number of hydrogen-bond donors (Lipinski definition) is 1. The first-order valence-corrected chi connectivity index (χ1v) is 8.95. The molecule has 0 atom stereocenters. The second kappa shape index (κ2) is 8.74. The van der Waals surface area contributed by atoms with Crippen molar-refractivity contribution in [2.45, 2.75) is 26.3 Å². The average molecular weight is 410 g/mol. The minimum atomic E-state index is 0. The summed E-state index contributed by atoms with van der Waals surface area (Å²) >= 11 is 0. The molecule has 0 fully saturated rings. The van der Waals surface area contributed by atoms with Gasteiger partial charge >= 0.3 is 0 Å². The summed E-state index contributed by atoms with van der Waals surface area (Å²) in [7, 11) is 0. The average Bonchev–Trinajstić information content (AvgIpc) is 3.16. The standard InChI is InChI=1S/C20H19N7O.ClH/c1-13(2)14-8-20(26-22-10-14)25-19-4-3-17-18(24-19)7-15(9-21-17)16-11-23-27(12-16)5-6-28;/h3-4,6-13H,5H2,1-2H3,(H,24,25,26);1H.